The maximum Gasteiger partial charge on any atom is 0.0810 e. The lowest BCUT2D eigenvalue weighted by molar-refractivity contribution is -0.0387. The van der Waals surface area contributed by atoms with Crippen LogP contribution in [-0.4, -0.2) is 17.3 Å². The number of rotatable bonds is 10. The van der Waals surface area contributed by atoms with E-state index in [1.54, 1.807) is 0 Å². The first-order valence-electron chi connectivity index (χ1n) is 7.57. The van der Waals surface area contributed by atoms with E-state index in [1.807, 2.05) is 37.3 Å². The van der Waals surface area contributed by atoms with Gasteiger partial charge in [-0.25, -0.2) is 0 Å². The molecule has 0 aliphatic carbocycles. The van der Waals surface area contributed by atoms with Gasteiger partial charge in [0.05, 0.1) is 18.8 Å². The van der Waals surface area contributed by atoms with E-state index in [-0.39, 0.29) is 12.2 Å². The zero-order valence-corrected chi connectivity index (χ0v) is 12.3. The molecule has 2 unspecified atom stereocenters. The van der Waals surface area contributed by atoms with Gasteiger partial charge in [0.15, 0.2) is 0 Å². The molecule has 19 heavy (non-hydrogen) atoms. The van der Waals surface area contributed by atoms with Crippen molar-refractivity contribution in [3.8, 4) is 0 Å². The molecule has 1 aromatic rings. The minimum absolute atomic E-state index is 0.0913. The highest BCUT2D eigenvalue weighted by atomic mass is 16.5. The normalized spacial score (nSPS) is 14.3. The molecule has 1 rings (SSSR count). The van der Waals surface area contributed by atoms with Gasteiger partial charge in [-0.2, -0.15) is 0 Å². The van der Waals surface area contributed by atoms with Crippen LogP contribution in [0, 0.1) is 0 Å². The van der Waals surface area contributed by atoms with E-state index in [9.17, 15) is 5.11 Å². The molecule has 0 aliphatic rings. The second kappa shape index (κ2) is 9.99. The van der Waals surface area contributed by atoms with Crippen LogP contribution in [0.25, 0.3) is 0 Å². The number of unbranched alkanes of at least 4 members (excludes halogenated alkanes) is 4. The number of hydrogen-bond acceptors (Lipinski definition) is 2. The van der Waals surface area contributed by atoms with E-state index in [0.29, 0.717) is 6.61 Å². The molecule has 0 amide bonds. The van der Waals surface area contributed by atoms with Crippen LogP contribution in [0.3, 0.4) is 0 Å². The minimum atomic E-state index is -0.342. The van der Waals surface area contributed by atoms with E-state index in [1.165, 1.54) is 25.7 Å². The van der Waals surface area contributed by atoms with Crippen LogP contribution >= 0.6 is 0 Å². The van der Waals surface area contributed by atoms with Crippen molar-refractivity contribution >= 4 is 0 Å². The molecule has 0 radical (unpaired) electrons. The summed E-state index contributed by atoms with van der Waals surface area (Å²) in [7, 11) is 0. The number of benzene rings is 1. The van der Waals surface area contributed by atoms with Crippen molar-refractivity contribution in [2.45, 2.75) is 71.2 Å². The predicted octanol–water partition coefficient (Wildman–Crippen LogP) is 4.31. The first kappa shape index (κ1) is 16.2. The summed E-state index contributed by atoms with van der Waals surface area (Å²) < 4.78 is 5.72. The summed E-state index contributed by atoms with van der Waals surface area (Å²) in [6.45, 7) is 4.75. The second-order valence-electron chi connectivity index (χ2n) is 5.27. The highest BCUT2D eigenvalue weighted by molar-refractivity contribution is 5.13. The van der Waals surface area contributed by atoms with Gasteiger partial charge in [0.2, 0.25) is 0 Å². The third kappa shape index (κ3) is 7.34. The molecule has 2 nitrogen and oxygen atoms in total. The molecule has 0 bridgehead atoms. The predicted molar refractivity (Wildman–Crippen MR) is 80.1 cm³/mol. The highest BCUT2D eigenvalue weighted by Gasteiger charge is 2.14. The number of hydrogen-bond donors (Lipinski definition) is 1. The Kier molecular flexibility index (Phi) is 8.52. The maximum absolute atomic E-state index is 10.0. The average molecular weight is 264 g/mol. The molecule has 2 atom stereocenters. The average Bonchev–Trinajstić information content (AvgIpc) is 2.45. The van der Waals surface area contributed by atoms with Gasteiger partial charge < -0.3 is 9.84 Å². The molecule has 0 fully saturated rings. The van der Waals surface area contributed by atoms with Gasteiger partial charge in [-0.15, -0.1) is 0 Å². The highest BCUT2D eigenvalue weighted by Crippen LogP contribution is 2.12. The van der Waals surface area contributed by atoms with Crippen molar-refractivity contribution in [3.63, 3.8) is 0 Å². The summed E-state index contributed by atoms with van der Waals surface area (Å²) in [5, 5.41) is 10.0. The molecule has 0 aromatic heterocycles. The fourth-order valence-electron chi connectivity index (χ4n) is 2.10. The summed E-state index contributed by atoms with van der Waals surface area (Å²) in [6, 6.07) is 10.1. The van der Waals surface area contributed by atoms with Crippen LogP contribution in [-0.2, 0) is 11.3 Å². The van der Waals surface area contributed by atoms with Crippen molar-refractivity contribution in [2.75, 3.05) is 0 Å². The molecule has 1 N–H and O–H groups in total. The van der Waals surface area contributed by atoms with Crippen LogP contribution in [0.5, 0.6) is 0 Å². The molecule has 0 heterocycles. The fraction of sp³-hybridized carbons (Fsp3) is 0.647. The molecule has 0 spiro atoms. The van der Waals surface area contributed by atoms with Gasteiger partial charge in [-0.3, -0.25) is 0 Å². The Bertz CT molecular complexity index is 310. The van der Waals surface area contributed by atoms with Crippen molar-refractivity contribution in [2.24, 2.45) is 0 Å². The minimum Gasteiger partial charge on any atom is -0.390 e. The molecule has 2 heteroatoms. The van der Waals surface area contributed by atoms with Crippen molar-refractivity contribution < 1.29 is 9.84 Å². The zero-order chi connectivity index (χ0) is 13.9. The SMILES string of the molecule is CCCCCCCC(O)C(C)OCc1ccccc1. The fourth-order valence-corrected chi connectivity index (χ4v) is 2.10. The van der Waals surface area contributed by atoms with Crippen molar-refractivity contribution in [1.29, 1.82) is 0 Å². The van der Waals surface area contributed by atoms with E-state index in [0.717, 1.165) is 18.4 Å². The summed E-state index contributed by atoms with van der Waals surface area (Å²) in [5.74, 6) is 0. The van der Waals surface area contributed by atoms with Crippen molar-refractivity contribution in [1.82, 2.24) is 0 Å². The smallest absolute Gasteiger partial charge is 0.0810 e. The number of aliphatic hydroxyl groups excluding tert-OH is 1. The molecule has 1 aromatic carbocycles. The van der Waals surface area contributed by atoms with Crippen molar-refractivity contribution in [3.05, 3.63) is 35.9 Å². The Labute approximate surface area is 117 Å². The summed E-state index contributed by atoms with van der Waals surface area (Å²) >= 11 is 0. The molecule has 0 aliphatic heterocycles. The van der Waals surface area contributed by atoms with E-state index >= 15 is 0 Å². The molecule has 0 saturated carbocycles. The lowest BCUT2D eigenvalue weighted by Crippen LogP contribution is -2.25. The standard InChI is InChI=1S/C17H28O2/c1-3-4-5-6-10-13-17(18)15(2)19-14-16-11-8-7-9-12-16/h7-9,11-12,15,17-18H,3-6,10,13-14H2,1-2H3. The Morgan fingerprint density at radius 2 is 1.74 bits per heavy atom. The third-order valence-corrected chi connectivity index (χ3v) is 3.50. The van der Waals surface area contributed by atoms with Gasteiger partial charge in [-0.1, -0.05) is 69.4 Å². The van der Waals surface area contributed by atoms with E-state index < -0.39 is 0 Å². The number of ether oxygens (including phenoxy) is 1. The van der Waals surface area contributed by atoms with Crippen LogP contribution in [0.1, 0.15) is 57.9 Å². The Morgan fingerprint density at radius 1 is 1.05 bits per heavy atom. The molecular weight excluding hydrogens is 236 g/mol. The van der Waals surface area contributed by atoms with Crippen LogP contribution in [0.15, 0.2) is 30.3 Å². The largest absolute Gasteiger partial charge is 0.390 e. The number of aliphatic hydroxyl groups is 1. The second-order valence-corrected chi connectivity index (χ2v) is 5.27. The first-order valence-corrected chi connectivity index (χ1v) is 7.57. The van der Waals surface area contributed by atoms with Gasteiger partial charge in [0, 0.05) is 0 Å². The van der Waals surface area contributed by atoms with Gasteiger partial charge in [0.1, 0.15) is 0 Å². The van der Waals surface area contributed by atoms with E-state index in [2.05, 4.69) is 6.92 Å². The van der Waals surface area contributed by atoms with Gasteiger partial charge >= 0.3 is 0 Å². The van der Waals surface area contributed by atoms with Gasteiger partial charge in [-0.05, 0) is 18.9 Å². The zero-order valence-electron chi connectivity index (χ0n) is 12.3. The maximum atomic E-state index is 10.0. The van der Waals surface area contributed by atoms with Crippen LogP contribution in [0.2, 0.25) is 0 Å². The lowest BCUT2D eigenvalue weighted by Gasteiger charge is -2.19. The van der Waals surface area contributed by atoms with E-state index in [4.69, 9.17) is 4.74 Å². The summed E-state index contributed by atoms with van der Waals surface area (Å²) in [4.78, 5) is 0. The Balaban J connectivity index is 2.12. The third-order valence-electron chi connectivity index (χ3n) is 3.50. The topological polar surface area (TPSA) is 29.5 Å². The first-order chi connectivity index (χ1) is 9.24. The van der Waals surface area contributed by atoms with Gasteiger partial charge in [0.25, 0.3) is 0 Å². The summed E-state index contributed by atoms with van der Waals surface area (Å²) in [6.07, 6.45) is 6.57. The molecular formula is C17H28O2. The monoisotopic (exact) mass is 264 g/mol. The molecule has 0 saturated heterocycles. The summed E-state index contributed by atoms with van der Waals surface area (Å²) in [5.41, 5.74) is 1.16. The Morgan fingerprint density at radius 3 is 2.42 bits per heavy atom. The van der Waals surface area contributed by atoms with Crippen LogP contribution < -0.4 is 0 Å². The van der Waals surface area contributed by atoms with Crippen LogP contribution in [0.4, 0.5) is 0 Å². The molecule has 108 valence electrons. The lowest BCUT2D eigenvalue weighted by atomic mass is 10.1. The quantitative estimate of drug-likeness (QED) is 0.638. The Hall–Kier alpha value is -0.860.